The fourth-order valence-corrected chi connectivity index (χ4v) is 3.66. The molecule has 1 atom stereocenters. The van der Waals surface area contributed by atoms with E-state index in [1.807, 2.05) is 13.8 Å². The Hall–Kier alpha value is -0.650. The van der Waals surface area contributed by atoms with E-state index >= 15 is 0 Å². The number of rotatable bonds is 8. The molecule has 5 heteroatoms. The summed E-state index contributed by atoms with van der Waals surface area (Å²) in [5, 5.41) is 3.19. The van der Waals surface area contributed by atoms with Crippen LogP contribution >= 0.6 is 0 Å². The van der Waals surface area contributed by atoms with E-state index in [2.05, 4.69) is 15.1 Å². The Bertz CT molecular complexity index is 337. The second kappa shape index (κ2) is 10.3. The van der Waals surface area contributed by atoms with Gasteiger partial charge in [0.2, 0.25) is 5.91 Å². The van der Waals surface area contributed by atoms with Gasteiger partial charge in [-0.25, -0.2) is 0 Å². The summed E-state index contributed by atoms with van der Waals surface area (Å²) in [5.41, 5.74) is 0. The van der Waals surface area contributed by atoms with Gasteiger partial charge < -0.3 is 10.1 Å². The van der Waals surface area contributed by atoms with Gasteiger partial charge in [-0.2, -0.15) is 0 Å². The summed E-state index contributed by atoms with van der Waals surface area (Å²) in [6, 6.07) is -0.00682. The summed E-state index contributed by atoms with van der Waals surface area (Å²) >= 11 is 0. The molecule has 2 aliphatic rings. The molecule has 0 aromatic rings. The molecular formula is C18H35N3O2. The first-order chi connectivity index (χ1) is 11.2. The molecule has 1 N–H and O–H groups in total. The molecule has 0 aromatic carbocycles. The molecule has 0 radical (unpaired) electrons. The minimum Gasteiger partial charge on any atom is -0.380 e. The van der Waals surface area contributed by atoms with Crippen molar-refractivity contribution in [2.45, 2.75) is 52.0 Å². The molecule has 1 aliphatic carbocycles. The molecule has 23 heavy (non-hydrogen) atoms. The molecular weight excluding hydrogens is 290 g/mol. The first-order valence-electron chi connectivity index (χ1n) is 9.52. The molecule has 1 saturated heterocycles. The minimum atomic E-state index is -0.00682. The van der Waals surface area contributed by atoms with Crippen LogP contribution < -0.4 is 5.32 Å². The van der Waals surface area contributed by atoms with Crippen molar-refractivity contribution in [3.8, 4) is 0 Å². The molecule has 2 rings (SSSR count). The molecule has 5 nitrogen and oxygen atoms in total. The van der Waals surface area contributed by atoms with Crippen molar-refractivity contribution < 1.29 is 9.53 Å². The summed E-state index contributed by atoms with van der Waals surface area (Å²) in [5.74, 6) is 0.911. The lowest BCUT2D eigenvalue weighted by atomic mass is 9.89. The number of nitrogens with one attached hydrogen (secondary N) is 1. The number of carbonyl (C=O) groups excluding carboxylic acids is 1. The van der Waals surface area contributed by atoms with Crippen LogP contribution in [0.5, 0.6) is 0 Å². The standard InChI is InChI=1S/C18H35N3O2/c1-3-23-14-13-20-9-11-21(12-10-20)16(2)18(22)19-15-17-7-5-4-6-8-17/h16-17H,3-15H2,1-2H3,(H,19,22)/t16-/m1/s1. The Morgan fingerprint density at radius 3 is 2.52 bits per heavy atom. The van der Waals surface area contributed by atoms with Gasteiger partial charge in [0, 0.05) is 45.9 Å². The van der Waals surface area contributed by atoms with Crippen LogP contribution in [0.1, 0.15) is 46.0 Å². The van der Waals surface area contributed by atoms with Crippen LogP contribution in [0.15, 0.2) is 0 Å². The van der Waals surface area contributed by atoms with Gasteiger partial charge in [0.15, 0.2) is 0 Å². The lowest BCUT2D eigenvalue weighted by Crippen LogP contribution is -2.54. The van der Waals surface area contributed by atoms with Crippen LogP contribution in [-0.2, 0) is 9.53 Å². The molecule has 0 spiro atoms. The third kappa shape index (κ3) is 6.40. The van der Waals surface area contributed by atoms with Crippen LogP contribution in [0.4, 0.5) is 0 Å². The summed E-state index contributed by atoms with van der Waals surface area (Å²) < 4.78 is 5.42. The van der Waals surface area contributed by atoms with Crippen LogP contribution in [0.2, 0.25) is 0 Å². The maximum Gasteiger partial charge on any atom is 0.237 e. The number of amides is 1. The van der Waals surface area contributed by atoms with Crippen LogP contribution in [0.25, 0.3) is 0 Å². The van der Waals surface area contributed by atoms with E-state index in [0.717, 1.165) is 52.5 Å². The van der Waals surface area contributed by atoms with Crippen LogP contribution in [-0.4, -0.2) is 74.2 Å². The van der Waals surface area contributed by atoms with Crippen molar-refractivity contribution in [2.75, 3.05) is 52.5 Å². The van der Waals surface area contributed by atoms with E-state index in [4.69, 9.17) is 4.74 Å². The lowest BCUT2D eigenvalue weighted by Gasteiger charge is -2.37. The first kappa shape index (κ1) is 18.7. The fraction of sp³-hybridized carbons (Fsp3) is 0.944. The van der Waals surface area contributed by atoms with E-state index in [-0.39, 0.29) is 11.9 Å². The molecule has 1 aliphatic heterocycles. The van der Waals surface area contributed by atoms with E-state index in [1.165, 1.54) is 32.1 Å². The molecule has 1 saturated carbocycles. The topological polar surface area (TPSA) is 44.8 Å². The summed E-state index contributed by atoms with van der Waals surface area (Å²) in [6.07, 6.45) is 6.61. The largest absolute Gasteiger partial charge is 0.380 e. The maximum atomic E-state index is 12.4. The van der Waals surface area contributed by atoms with E-state index < -0.39 is 0 Å². The van der Waals surface area contributed by atoms with Crippen molar-refractivity contribution in [2.24, 2.45) is 5.92 Å². The van der Waals surface area contributed by atoms with Crippen molar-refractivity contribution in [3.63, 3.8) is 0 Å². The summed E-state index contributed by atoms with van der Waals surface area (Å²) in [7, 11) is 0. The molecule has 0 bridgehead atoms. The monoisotopic (exact) mass is 325 g/mol. The van der Waals surface area contributed by atoms with Gasteiger partial charge >= 0.3 is 0 Å². The molecule has 1 amide bonds. The SMILES string of the molecule is CCOCCN1CCN([C@H](C)C(=O)NCC2CCCCC2)CC1. The molecule has 1 heterocycles. The predicted octanol–water partition coefficient (Wildman–Crippen LogP) is 1.73. The Morgan fingerprint density at radius 1 is 1.17 bits per heavy atom. The Kier molecular flexibility index (Phi) is 8.34. The van der Waals surface area contributed by atoms with Gasteiger partial charge in [0.25, 0.3) is 0 Å². The minimum absolute atomic E-state index is 0.00682. The van der Waals surface area contributed by atoms with E-state index in [1.54, 1.807) is 0 Å². The molecule has 2 fully saturated rings. The number of ether oxygens (including phenoxy) is 1. The Morgan fingerprint density at radius 2 is 1.87 bits per heavy atom. The highest BCUT2D eigenvalue weighted by Gasteiger charge is 2.25. The van der Waals surface area contributed by atoms with Crippen molar-refractivity contribution in [1.29, 1.82) is 0 Å². The first-order valence-corrected chi connectivity index (χ1v) is 9.52. The number of nitrogens with zero attached hydrogens (tertiary/aromatic N) is 2. The van der Waals surface area contributed by atoms with Crippen molar-refractivity contribution in [3.05, 3.63) is 0 Å². The second-order valence-corrected chi connectivity index (χ2v) is 7.00. The fourth-order valence-electron chi connectivity index (χ4n) is 3.66. The number of hydrogen-bond donors (Lipinski definition) is 1. The van der Waals surface area contributed by atoms with Crippen LogP contribution in [0, 0.1) is 5.92 Å². The molecule has 0 unspecified atom stereocenters. The smallest absolute Gasteiger partial charge is 0.237 e. The van der Waals surface area contributed by atoms with Gasteiger partial charge in [-0.3, -0.25) is 14.6 Å². The van der Waals surface area contributed by atoms with Crippen molar-refractivity contribution in [1.82, 2.24) is 15.1 Å². The van der Waals surface area contributed by atoms with Gasteiger partial charge in [-0.15, -0.1) is 0 Å². The Balaban J connectivity index is 1.63. The number of piperazine rings is 1. The highest BCUT2D eigenvalue weighted by molar-refractivity contribution is 5.81. The Labute approximate surface area is 141 Å². The summed E-state index contributed by atoms with van der Waals surface area (Å²) in [6.45, 7) is 11.6. The highest BCUT2D eigenvalue weighted by Crippen LogP contribution is 2.22. The summed E-state index contributed by atoms with van der Waals surface area (Å²) in [4.78, 5) is 17.1. The van der Waals surface area contributed by atoms with Gasteiger partial charge in [0.05, 0.1) is 12.6 Å². The van der Waals surface area contributed by atoms with Crippen molar-refractivity contribution >= 4 is 5.91 Å². The zero-order chi connectivity index (χ0) is 16.5. The van der Waals surface area contributed by atoms with E-state index in [0.29, 0.717) is 5.92 Å². The zero-order valence-electron chi connectivity index (χ0n) is 15.1. The van der Waals surface area contributed by atoms with Gasteiger partial charge in [-0.05, 0) is 32.6 Å². The highest BCUT2D eigenvalue weighted by atomic mass is 16.5. The second-order valence-electron chi connectivity index (χ2n) is 7.00. The lowest BCUT2D eigenvalue weighted by molar-refractivity contribution is -0.126. The third-order valence-electron chi connectivity index (χ3n) is 5.38. The van der Waals surface area contributed by atoms with Crippen LogP contribution in [0.3, 0.4) is 0 Å². The quantitative estimate of drug-likeness (QED) is 0.690. The number of hydrogen-bond acceptors (Lipinski definition) is 4. The third-order valence-corrected chi connectivity index (χ3v) is 5.38. The van der Waals surface area contributed by atoms with Gasteiger partial charge in [-0.1, -0.05) is 19.3 Å². The van der Waals surface area contributed by atoms with Gasteiger partial charge in [0.1, 0.15) is 0 Å². The number of carbonyl (C=O) groups is 1. The average Bonchev–Trinajstić information content (AvgIpc) is 2.61. The zero-order valence-corrected chi connectivity index (χ0v) is 15.1. The average molecular weight is 325 g/mol. The van der Waals surface area contributed by atoms with E-state index in [9.17, 15) is 4.79 Å². The predicted molar refractivity (Wildman–Crippen MR) is 93.6 cm³/mol. The normalized spacial score (nSPS) is 22.9. The molecule has 0 aromatic heterocycles. The molecule has 134 valence electrons. The maximum absolute atomic E-state index is 12.4.